The number of amides is 2. The number of carbonyl (C=O) groups is 2. The first kappa shape index (κ1) is 22.8. The maximum absolute atomic E-state index is 13.3. The van der Waals surface area contributed by atoms with Crippen LogP contribution >= 0.6 is 0 Å². The van der Waals surface area contributed by atoms with Crippen molar-refractivity contribution in [1.82, 2.24) is 10.2 Å². The number of aliphatic hydroxyl groups is 1. The molecule has 7 heteroatoms. The molecular weight excluding hydrogens is 394 g/mol. The van der Waals surface area contributed by atoms with E-state index in [1.54, 1.807) is 4.90 Å². The second kappa shape index (κ2) is 10.9. The van der Waals surface area contributed by atoms with E-state index in [0.29, 0.717) is 6.54 Å². The van der Waals surface area contributed by atoms with Crippen molar-refractivity contribution in [2.75, 3.05) is 0 Å². The molecule has 4 atom stereocenters. The highest BCUT2D eigenvalue weighted by Gasteiger charge is 2.45. The van der Waals surface area contributed by atoms with Crippen molar-refractivity contribution in [2.45, 2.75) is 63.6 Å². The van der Waals surface area contributed by atoms with Gasteiger partial charge in [-0.25, -0.2) is 4.79 Å². The summed E-state index contributed by atoms with van der Waals surface area (Å²) in [5, 5.41) is 14.4. The van der Waals surface area contributed by atoms with Crippen LogP contribution in [0.25, 0.3) is 0 Å². The molecule has 0 aromatic heterocycles. The Balaban J connectivity index is 1.79. The lowest BCUT2D eigenvalue weighted by atomic mass is 9.98. The molecule has 1 aliphatic heterocycles. The maximum atomic E-state index is 13.3. The van der Waals surface area contributed by atoms with Crippen LogP contribution in [0.4, 0.5) is 4.79 Å². The number of unbranched alkanes of at least 4 members (excludes halogenated alkanes) is 1. The fourth-order valence-electron chi connectivity index (χ4n) is 3.99. The molecule has 2 aromatic rings. The van der Waals surface area contributed by atoms with Crippen LogP contribution in [0.2, 0.25) is 0 Å². The molecule has 0 radical (unpaired) electrons. The van der Waals surface area contributed by atoms with Gasteiger partial charge < -0.3 is 20.5 Å². The Morgan fingerprint density at radius 1 is 1.13 bits per heavy atom. The van der Waals surface area contributed by atoms with Gasteiger partial charge in [0.1, 0.15) is 18.2 Å². The first-order chi connectivity index (χ1) is 15.0. The third-order valence-electron chi connectivity index (χ3n) is 5.59. The molecule has 3 rings (SSSR count). The van der Waals surface area contributed by atoms with Gasteiger partial charge in [-0.1, -0.05) is 80.4 Å². The van der Waals surface area contributed by atoms with Crippen LogP contribution < -0.4 is 11.1 Å². The summed E-state index contributed by atoms with van der Waals surface area (Å²) in [5.74, 6) is -0.205. The van der Waals surface area contributed by atoms with Crippen molar-refractivity contribution in [3.8, 4) is 0 Å². The zero-order valence-electron chi connectivity index (χ0n) is 17.8. The van der Waals surface area contributed by atoms with Gasteiger partial charge in [0.15, 0.2) is 0 Å². The van der Waals surface area contributed by atoms with Crippen molar-refractivity contribution in [2.24, 2.45) is 5.73 Å². The first-order valence-electron chi connectivity index (χ1n) is 10.8. The van der Waals surface area contributed by atoms with Crippen molar-refractivity contribution < 1.29 is 19.4 Å². The lowest BCUT2D eigenvalue weighted by Gasteiger charge is -2.26. The lowest BCUT2D eigenvalue weighted by Crippen LogP contribution is -2.50. The molecule has 1 fully saturated rings. The molecule has 1 aliphatic rings. The normalized spacial score (nSPS) is 20.5. The third kappa shape index (κ3) is 6.06. The molecule has 7 nitrogen and oxygen atoms in total. The topological polar surface area (TPSA) is 105 Å². The molecule has 0 spiro atoms. The van der Waals surface area contributed by atoms with Crippen LogP contribution in [0, 0.1) is 0 Å². The number of rotatable bonds is 10. The van der Waals surface area contributed by atoms with Crippen molar-refractivity contribution in [3.05, 3.63) is 71.8 Å². The third-order valence-corrected chi connectivity index (χ3v) is 5.59. The number of hydrogen-bond acceptors (Lipinski definition) is 5. The Kier molecular flexibility index (Phi) is 8.03. The molecule has 2 aromatic carbocycles. The Hall–Kier alpha value is -2.90. The number of carbonyl (C=O) groups excluding carboxylic acids is 2. The van der Waals surface area contributed by atoms with Gasteiger partial charge >= 0.3 is 6.09 Å². The van der Waals surface area contributed by atoms with E-state index in [0.717, 1.165) is 30.4 Å². The zero-order valence-corrected chi connectivity index (χ0v) is 17.8. The fraction of sp³-hybridized carbons (Fsp3) is 0.417. The number of nitrogens with two attached hydrogens (primary N) is 1. The van der Waals surface area contributed by atoms with E-state index in [9.17, 15) is 14.7 Å². The van der Waals surface area contributed by atoms with Crippen LogP contribution in [-0.2, 0) is 22.5 Å². The largest absolute Gasteiger partial charge is 0.443 e. The predicted octanol–water partition coefficient (Wildman–Crippen LogP) is 2.57. The maximum Gasteiger partial charge on any atom is 0.404 e. The van der Waals surface area contributed by atoms with E-state index in [4.69, 9.17) is 10.5 Å². The molecule has 1 saturated heterocycles. The Bertz CT molecular complexity index is 846. The number of benzene rings is 2. The van der Waals surface area contributed by atoms with Crippen LogP contribution in [-0.4, -0.2) is 46.4 Å². The van der Waals surface area contributed by atoms with E-state index >= 15 is 0 Å². The van der Waals surface area contributed by atoms with Gasteiger partial charge in [0.2, 0.25) is 5.91 Å². The Morgan fingerprint density at radius 3 is 2.32 bits per heavy atom. The average molecular weight is 426 g/mol. The molecule has 166 valence electrons. The fourth-order valence-corrected chi connectivity index (χ4v) is 3.99. The summed E-state index contributed by atoms with van der Waals surface area (Å²) in [6.07, 6.45) is -0.361. The van der Waals surface area contributed by atoms with Gasteiger partial charge in [-0.2, -0.15) is 0 Å². The van der Waals surface area contributed by atoms with E-state index in [-0.39, 0.29) is 18.5 Å². The van der Waals surface area contributed by atoms with E-state index in [2.05, 4.69) is 12.2 Å². The lowest BCUT2D eigenvalue weighted by molar-refractivity contribution is -0.134. The molecule has 4 N–H and O–H groups in total. The van der Waals surface area contributed by atoms with Gasteiger partial charge in [-0.15, -0.1) is 0 Å². The number of aliphatic hydroxyl groups excluding tert-OH is 1. The minimum Gasteiger partial charge on any atom is -0.443 e. The Morgan fingerprint density at radius 2 is 1.74 bits per heavy atom. The molecule has 0 aliphatic carbocycles. The summed E-state index contributed by atoms with van der Waals surface area (Å²) >= 11 is 0. The number of nitrogens with zero attached hydrogens (tertiary/aromatic N) is 1. The minimum atomic E-state index is -1.23. The van der Waals surface area contributed by atoms with Crippen LogP contribution in [0.1, 0.15) is 37.3 Å². The molecular formula is C24H31N3O4. The smallest absolute Gasteiger partial charge is 0.404 e. The number of hydrogen-bond donors (Lipinski definition) is 3. The molecule has 0 saturated carbocycles. The van der Waals surface area contributed by atoms with Gasteiger partial charge in [0, 0.05) is 13.0 Å². The van der Waals surface area contributed by atoms with Crippen LogP contribution in [0.15, 0.2) is 60.7 Å². The summed E-state index contributed by atoms with van der Waals surface area (Å²) in [6, 6.07) is 18.2. The quantitative estimate of drug-likeness (QED) is 0.543. The number of primary amides is 1. The number of ether oxygens (including phenoxy) is 1. The van der Waals surface area contributed by atoms with Gasteiger partial charge in [0.25, 0.3) is 0 Å². The van der Waals surface area contributed by atoms with Crippen molar-refractivity contribution in [1.29, 1.82) is 0 Å². The molecule has 1 heterocycles. The predicted molar refractivity (Wildman–Crippen MR) is 118 cm³/mol. The zero-order chi connectivity index (χ0) is 22.2. The van der Waals surface area contributed by atoms with Crippen molar-refractivity contribution >= 4 is 12.0 Å². The Labute approximate surface area is 183 Å². The standard InChI is InChI=1S/C24H31N3O4/c1-2-3-14-20-26-21(23(29)27(20)16-18-12-8-5-9-13-18)22(28)19(31-24(25)30)15-17-10-6-4-7-11-17/h4-13,19-22,26,28H,2-3,14-16H2,1H3,(H2,25,30)/t19?,20?,21-,22?/m0/s1. The molecule has 2 amide bonds. The SMILES string of the molecule is CCCCC1N[C@@H](C(O)C(Cc2ccccc2)OC(N)=O)C(=O)N1Cc1ccccc1. The minimum absolute atomic E-state index is 0.196. The van der Waals surface area contributed by atoms with Crippen LogP contribution in [0.5, 0.6) is 0 Å². The number of nitrogens with one attached hydrogen (secondary N) is 1. The monoisotopic (exact) mass is 425 g/mol. The summed E-state index contributed by atoms with van der Waals surface area (Å²) in [6.45, 7) is 2.55. The van der Waals surface area contributed by atoms with E-state index in [1.807, 2.05) is 60.7 Å². The molecule has 3 unspecified atom stereocenters. The summed E-state index contributed by atoms with van der Waals surface area (Å²) in [4.78, 5) is 26.6. The van der Waals surface area contributed by atoms with E-state index < -0.39 is 24.3 Å². The second-order valence-corrected chi connectivity index (χ2v) is 7.91. The molecule has 0 bridgehead atoms. The second-order valence-electron chi connectivity index (χ2n) is 7.91. The summed E-state index contributed by atoms with van der Waals surface area (Å²) in [5.41, 5.74) is 7.15. The summed E-state index contributed by atoms with van der Waals surface area (Å²) in [7, 11) is 0. The van der Waals surface area contributed by atoms with Crippen LogP contribution in [0.3, 0.4) is 0 Å². The first-order valence-corrected chi connectivity index (χ1v) is 10.8. The molecule has 31 heavy (non-hydrogen) atoms. The summed E-state index contributed by atoms with van der Waals surface area (Å²) < 4.78 is 5.22. The van der Waals surface area contributed by atoms with Gasteiger partial charge in [-0.3, -0.25) is 10.1 Å². The van der Waals surface area contributed by atoms with Gasteiger partial charge in [-0.05, 0) is 17.5 Å². The average Bonchev–Trinajstić information content (AvgIpc) is 3.07. The van der Waals surface area contributed by atoms with Crippen molar-refractivity contribution in [3.63, 3.8) is 0 Å². The van der Waals surface area contributed by atoms with E-state index in [1.165, 1.54) is 0 Å². The highest BCUT2D eigenvalue weighted by molar-refractivity contribution is 5.85. The highest BCUT2D eigenvalue weighted by Crippen LogP contribution is 2.23. The van der Waals surface area contributed by atoms with Gasteiger partial charge in [0.05, 0.1) is 6.17 Å². The highest BCUT2D eigenvalue weighted by atomic mass is 16.6.